The number of carbonyl (C=O) groups is 1. The number of nitrogens with zero attached hydrogens (tertiary/aromatic N) is 2. The molecule has 0 spiro atoms. The van der Waals surface area contributed by atoms with E-state index in [0.29, 0.717) is 16.6 Å². The smallest absolute Gasteiger partial charge is 0.277 e. The van der Waals surface area contributed by atoms with Crippen molar-refractivity contribution in [3.63, 3.8) is 0 Å². The van der Waals surface area contributed by atoms with E-state index in [0.717, 1.165) is 16.5 Å². The minimum absolute atomic E-state index is 0.0716. The Hall–Kier alpha value is -0.373. The first-order valence-corrected chi connectivity index (χ1v) is 13.0. The van der Waals surface area contributed by atoms with Crippen LogP contribution in [0.3, 0.4) is 0 Å². The minimum atomic E-state index is -1.02. The lowest BCUT2D eigenvalue weighted by Crippen LogP contribution is -2.31. The van der Waals surface area contributed by atoms with Crippen LogP contribution < -0.4 is 0 Å². The van der Waals surface area contributed by atoms with Crippen LogP contribution >= 0.6 is 35.7 Å². The number of amides is 1. The Labute approximate surface area is 141 Å². The molecule has 2 heterocycles. The Bertz CT molecular complexity index is 545. The fourth-order valence-corrected chi connectivity index (χ4v) is 6.40. The van der Waals surface area contributed by atoms with Gasteiger partial charge in [-0.1, -0.05) is 49.7 Å². The van der Waals surface area contributed by atoms with E-state index in [-0.39, 0.29) is 5.91 Å². The molecule has 7 heteroatoms. The fourth-order valence-electron chi connectivity index (χ4n) is 1.79. The standard InChI is InChI=1S/C14H20N2OS3Si/c1-21(2,3)10-9-19-12-6-4-5-11(15-12)13(17)16-7-8-20-14(16)18/h4-6H,7-10H2,1-3H3. The molecule has 1 aliphatic rings. The zero-order valence-electron chi connectivity index (χ0n) is 12.6. The van der Waals surface area contributed by atoms with Gasteiger partial charge in [-0.15, -0.1) is 11.8 Å². The zero-order valence-corrected chi connectivity index (χ0v) is 16.0. The third-order valence-electron chi connectivity index (χ3n) is 3.05. The number of rotatable bonds is 5. The highest BCUT2D eigenvalue weighted by Gasteiger charge is 2.26. The van der Waals surface area contributed by atoms with Crippen molar-refractivity contribution in [3.05, 3.63) is 23.9 Å². The summed E-state index contributed by atoms with van der Waals surface area (Å²) in [5.41, 5.74) is 0.498. The average molecular weight is 357 g/mol. The largest absolute Gasteiger partial charge is 0.291 e. The normalized spacial score (nSPS) is 15.6. The van der Waals surface area contributed by atoms with Crippen LogP contribution in [0.2, 0.25) is 25.7 Å². The number of pyridine rings is 1. The predicted octanol–water partition coefficient (Wildman–Crippen LogP) is 3.99. The summed E-state index contributed by atoms with van der Waals surface area (Å²) in [6, 6.07) is 6.91. The molecule has 2 rings (SSSR count). The monoisotopic (exact) mass is 356 g/mol. The second kappa shape index (κ2) is 7.26. The van der Waals surface area contributed by atoms with Gasteiger partial charge in [0.2, 0.25) is 0 Å². The topological polar surface area (TPSA) is 33.2 Å². The number of carbonyl (C=O) groups excluding carboxylic acids is 1. The molecule has 0 N–H and O–H groups in total. The van der Waals surface area contributed by atoms with E-state index in [9.17, 15) is 4.79 Å². The summed E-state index contributed by atoms with van der Waals surface area (Å²) in [6.07, 6.45) is 0. The lowest BCUT2D eigenvalue weighted by Gasteiger charge is -2.15. The van der Waals surface area contributed by atoms with Crippen molar-refractivity contribution in [2.24, 2.45) is 0 Å². The van der Waals surface area contributed by atoms with E-state index in [2.05, 4.69) is 24.6 Å². The second-order valence-electron chi connectivity index (χ2n) is 6.09. The first-order valence-electron chi connectivity index (χ1n) is 6.95. The highest BCUT2D eigenvalue weighted by Crippen LogP contribution is 2.23. The number of thioether (sulfide) groups is 2. The molecule has 1 amide bonds. The van der Waals surface area contributed by atoms with Crippen molar-refractivity contribution < 1.29 is 4.79 Å². The van der Waals surface area contributed by atoms with Gasteiger partial charge in [-0.3, -0.25) is 9.69 Å². The molecule has 1 fully saturated rings. The molecule has 0 radical (unpaired) electrons. The number of thiocarbonyl (C=S) groups is 1. The van der Waals surface area contributed by atoms with Crippen molar-refractivity contribution >= 4 is 54.0 Å². The fraction of sp³-hybridized carbons (Fsp3) is 0.500. The van der Waals surface area contributed by atoms with E-state index in [4.69, 9.17) is 12.2 Å². The van der Waals surface area contributed by atoms with Gasteiger partial charge >= 0.3 is 0 Å². The van der Waals surface area contributed by atoms with Gasteiger partial charge in [0.1, 0.15) is 10.0 Å². The van der Waals surface area contributed by atoms with E-state index >= 15 is 0 Å². The van der Waals surface area contributed by atoms with Gasteiger partial charge in [-0.05, 0) is 23.9 Å². The average Bonchev–Trinajstić information content (AvgIpc) is 2.83. The van der Waals surface area contributed by atoms with Crippen molar-refractivity contribution in [2.75, 3.05) is 18.1 Å². The van der Waals surface area contributed by atoms with Crippen LogP contribution in [0.4, 0.5) is 0 Å². The highest BCUT2D eigenvalue weighted by molar-refractivity contribution is 8.23. The SMILES string of the molecule is C[Si](C)(C)CCSc1cccc(C(=O)N2CCSC2=S)n1. The maximum Gasteiger partial charge on any atom is 0.277 e. The van der Waals surface area contributed by atoms with E-state index in [1.54, 1.807) is 34.5 Å². The molecule has 1 saturated heterocycles. The van der Waals surface area contributed by atoms with Crippen molar-refractivity contribution in [2.45, 2.75) is 30.7 Å². The molecular formula is C14H20N2OS3Si. The number of hydrogen-bond donors (Lipinski definition) is 0. The Balaban J connectivity index is 2.00. The molecule has 1 aliphatic heterocycles. The number of hydrogen-bond acceptors (Lipinski definition) is 5. The molecular weight excluding hydrogens is 336 g/mol. The zero-order chi connectivity index (χ0) is 15.5. The van der Waals surface area contributed by atoms with Crippen LogP contribution in [-0.2, 0) is 0 Å². The maximum absolute atomic E-state index is 12.4. The van der Waals surface area contributed by atoms with Gasteiger partial charge in [0.25, 0.3) is 5.91 Å². The molecule has 1 aromatic rings. The predicted molar refractivity (Wildman–Crippen MR) is 99.2 cm³/mol. The summed E-state index contributed by atoms with van der Waals surface area (Å²) in [5, 5.41) is 0.928. The Kier molecular flexibility index (Phi) is 5.87. The molecule has 3 nitrogen and oxygen atoms in total. The van der Waals surface area contributed by atoms with E-state index < -0.39 is 8.07 Å². The van der Waals surface area contributed by atoms with Gasteiger partial charge in [0.05, 0.1) is 5.03 Å². The van der Waals surface area contributed by atoms with Gasteiger partial charge in [-0.25, -0.2) is 4.98 Å². The summed E-state index contributed by atoms with van der Waals surface area (Å²) in [6.45, 7) is 7.80. The Morgan fingerprint density at radius 2 is 2.24 bits per heavy atom. The van der Waals surface area contributed by atoms with Gasteiger partial charge < -0.3 is 0 Å². The van der Waals surface area contributed by atoms with Crippen LogP contribution in [0.1, 0.15) is 10.5 Å². The Morgan fingerprint density at radius 3 is 2.86 bits per heavy atom. The second-order valence-corrected chi connectivity index (χ2v) is 14.6. The van der Waals surface area contributed by atoms with E-state index in [1.807, 2.05) is 12.1 Å². The minimum Gasteiger partial charge on any atom is -0.291 e. The molecule has 114 valence electrons. The van der Waals surface area contributed by atoms with Crippen molar-refractivity contribution in [1.82, 2.24) is 9.88 Å². The van der Waals surface area contributed by atoms with E-state index in [1.165, 1.54) is 6.04 Å². The third-order valence-corrected chi connectivity index (χ3v) is 7.52. The molecule has 0 atom stereocenters. The van der Waals surface area contributed by atoms with Gasteiger partial charge in [0.15, 0.2) is 0 Å². The molecule has 0 bridgehead atoms. The molecule has 0 aliphatic carbocycles. The molecule has 0 saturated carbocycles. The van der Waals surface area contributed by atoms with Crippen molar-refractivity contribution in [3.8, 4) is 0 Å². The summed E-state index contributed by atoms with van der Waals surface area (Å²) in [4.78, 5) is 18.5. The van der Waals surface area contributed by atoms with Crippen LogP contribution in [0, 0.1) is 0 Å². The van der Waals surface area contributed by atoms with Crippen LogP contribution in [0.15, 0.2) is 23.2 Å². The van der Waals surface area contributed by atoms with Gasteiger partial charge in [0, 0.05) is 20.4 Å². The maximum atomic E-state index is 12.4. The lowest BCUT2D eigenvalue weighted by atomic mass is 10.3. The van der Waals surface area contributed by atoms with Crippen LogP contribution in [0.5, 0.6) is 0 Å². The lowest BCUT2D eigenvalue weighted by molar-refractivity contribution is 0.0855. The first kappa shape index (κ1) is 17.0. The summed E-state index contributed by atoms with van der Waals surface area (Å²) in [5.74, 6) is 1.88. The highest BCUT2D eigenvalue weighted by atomic mass is 32.2. The van der Waals surface area contributed by atoms with Gasteiger partial charge in [-0.2, -0.15) is 0 Å². The quantitative estimate of drug-likeness (QED) is 0.453. The van der Waals surface area contributed by atoms with Crippen molar-refractivity contribution in [1.29, 1.82) is 0 Å². The Morgan fingerprint density at radius 1 is 1.48 bits per heavy atom. The number of aromatic nitrogens is 1. The van der Waals surface area contributed by atoms with Crippen LogP contribution in [-0.4, -0.2) is 46.2 Å². The summed E-state index contributed by atoms with van der Waals surface area (Å²) < 4.78 is 0.665. The molecule has 21 heavy (non-hydrogen) atoms. The molecule has 0 unspecified atom stereocenters. The molecule has 1 aromatic heterocycles. The third kappa shape index (κ3) is 5.09. The first-order chi connectivity index (χ1) is 9.87. The summed E-state index contributed by atoms with van der Waals surface area (Å²) >= 11 is 8.49. The summed E-state index contributed by atoms with van der Waals surface area (Å²) in [7, 11) is -1.02. The molecule has 0 aromatic carbocycles. The van der Waals surface area contributed by atoms with Crippen LogP contribution in [0.25, 0.3) is 0 Å².